The highest BCUT2D eigenvalue weighted by Crippen LogP contribution is 2.25. The largest absolute Gasteiger partial charge is 0.323 e. The zero-order valence-corrected chi connectivity index (χ0v) is 13.4. The summed E-state index contributed by atoms with van der Waals surface area (Å²) in [6, 6.07) is 16.6. The molecule has 2 N–H and O–H groups in total. The third-order valence-corrected chi connectivity index (χ3v) is 4.66. The van der Waals surface area contributed by atoms with E-state index in [1.54, 1.807) is 11.8 Å². The molecule has 0 saturated heterocycles. The molecular weight excluding hydrogens is 286 g/mol. The smallest absolute Gasteiger partial charge is 0.0406 e. The molecule has 0 bridgehead atoms. The minimum atomic E-state index is 0.0527. The summed E-state index contributed by atoms with van der Waals surface area (Å²) in [5.41, 5.74) is 8.80. The van der Waals surface area contributed by atoms with Crippen molar-refractivity contribution in [1.82, 2.24) is 0 Å². The van der Waals surface area contributed by atoms with Crippen molar-refractivity contribution in [2.75, 3.05) is 5.75 Å². The van der Waals surface area contributed by atoms with Crippen LogP contribution in [0, 0.1) is 0 Å². The average Bonchev–Trinajstić information content (AvgIpc) is 2.46. The summed E-state index contributed by atoms with van der Waals surface area (Å²) in [7, 11) is 0. The van der Waals surface area contributed by atoms with Crippen LogP contribution in [0.15, 0.2) is 53.4 Å². The van der Waals surface area contributed by atoms with Gasteiger partial charge in [-0.3, -0.25) is 0 Å². The molecule has 1 nitrogen and oxygen atoms in total. The second-order valence-electron chi connectivity index (χ2n) is 5.19. The molecule has 0 aliphatic carbocycles. The standard InChI is InChI=1S/C17H20ClNS/c1-12(2)13-3-5-14(6-4-13)17(19)11-20-16-9-7-15(18)8-10-16/h3-10,12,17H,11,19H2,1-2H3. The summed E-state index contributed by atoms with van der Waals surface area (Å²) < 4.78 is 0. The first-order chi connectivity index (χ1) is 9.56. The fraction of sp³-hybridized carbons (Fsp3) is 0.294. The Kier molecular flexibility index (Phi) is 5.53. The van der Waals surface area contributed by atoms with Crippen LogP contribution < -0.4 is 5.73 Å². The van der Waals surface area contributed by atoms with E-state index in [-0.39, 0.29) is 6.04 Å². The van der Waals surface area contributed by atoms with Gasteiger partial charge in [-0.2, -0.15) is 0 Å². The van der Waals surface area contributed by atoms with Crippen molar-refractivity contribution in [2.45, 2.75) is 30.7 Å². The minimum Gasteiger partial charge on any atom is -0.323 e. The highest BCUT2D eigenvalue weighted by atomic mass is 35.5. The van der Waals surface area contributed by atoms with Gasteiger partial charge in [0.05, 0.1) is 0 Å². The van der Waals surface area contributed by atoms with Gasteiger partial charge in [-0.05, 0) is 41.3 Å². The van der Waals surface area contributed by atoms with E-state index in [4.69, 9.17) is 17.3 Å². The molecule has 0 aromatic heterocycles. The molecule has 2 aromatic carbocycles. The summed E-state index contributed by atoms with van der Waals surface area (Å²) in [6.45, 7) is 4.40. The molecule has 0 aliphatic heterocycles. The Morgan fingerprint density at radius 1 is 0.950 bits per heavy atom. The second kappa shape index (κ2) is 7.16. The van der Waals surface area contributed by atoms with Crippen molar-refractivity contribution in [1.29, 1.82) is 0 Å². The quantitative estimate of drug-likeness (QED) is 0.763. The normalized spacial score (nSPS) is 12.7. The first-order valence-corrected chi connectivity index (χ1v) is 8.16. The lowest BCUT2D eigenvalue weighted by Gasteiger charge is -2.13. The number of hydrogen-bond acceptors (Lipinski definition) is 2. The number of rotatable bonds is 5. The Labute approximate surface area is 130 Å². The van der Waals surface area contributed by atoms with E-state index in [2.05, 4.69) is 38.1 Å². The van der Waals surface area contributed by atoms with Crippen LogP contribution >= 0.6 is 23.4 Å². The van der Waals surface area contributed by atoms with Gasteiger partial charge in [0.1, 0.15) is 0 Å². The lowest BCUT2D eigenvalue weighted by atomic mass is 10.00. The van der Waals surface area contributed by atoms with E-state index in [0.29, 0.717) is 5.92 Å². The van der Waals surface area contributed by atoms with E-state index in [9.17, 15) is 0 Å². The summed E-state index contributed by atoms with van der Waals surface area (Å²) in [5.74, 6) is 1.42. The van der Waals surface area contributed by atoms with Crippen molar-refractivity contribution in [3.05, 3.63) is 64.7 Å². The third kappa shape index (κ3) is 4.27. The Morgan fingerprint density at radius 3 is 2.05 bits per heavy atom. The Hall–Kier alpha value is -0.960. The maximum atomic E-state index is 6.25. The lowest BCUT2D eigenvalue weighted by molar-refractivity contribution is 0.822. The summed E-state index contributed by atoms with van der Waals surface area (Å²) >= 11 is 7.64. The Balaban J connectivity index is 1.94. The summed E-state index contributed by atoms with van der Waals surface area (Å²) in [6.07, 6.45) is 0. The SMILES string of the molecule is CC(C)c1ccc(C(N)CSc2ccc(Cl)cc2)cc1. The number of halogens is 1. The summed E-state index contributed by atoms with van der Waals surface area (Å²) in [5, 5.41) is 0.767. The number of nitrogens with two attached hydrogens (primary N) is 1. The molecule has 106 valence electrons. The van der Waals surface area contributed by atoms with Crippen molar-refractivity contribution in [3.8, 4) is 0 Å². The van der Waals surface area contributed by atoms with Gasteiger partial charge in [0.15, 0.2) is 0 Å². The molecule has 3 heteroatoms. The van der Waals surface area contributed by atoms with E-state index < -0.39 is 0 Å². The molecule has 20 heavy (non-hydrogen) atoms. The average molecular weight is 306 g/mol. The van der Waals surface area contributed by atoms with E-state index in [1.165, 1.54) is 16.0 Å². The molecule has 0 radical (unpaired) electrons. The van der Waals surface area contributed by atoms with Crippen LogP contribution in [0.4, 0.5) is 0 Å². The molecule has 0 saturated carbocycles. The lowest BCUT2D eigenvalue weighted by Crippen LogP contribution is -2.12. The molecule has 0 heterocycles. The van der Waals surface area contributed by atoms with Crippen LogP contribution in [-0.2, 0) is 0 Å². The van der Waals surface area contributed by atoms with E-state index >= 15 is 0 Å². The minimum absolute atomic E-state index is 0.0527. The molecule has 1 atom stereocenters. The third-order valence-electron chi connectivity index (χ3n) is 3.27. The first kappa shape index (κ1) is 15.4. The van der Waals surface area contributed by atoms with Gasteiger partial charge in [0, 0.05) is 21.7 Å². The topological polar surface area (TPSA) is 26.0 Å². The molecule has 2 rings (SSSR count). The number of benzene rings is 2. The molecule has 0 amide bonds. The van der Waals surface area contributed by atoms with Crippen LogP contribution in [0.3, 0.4) is 0 Å². The predicted molar refractivity (Wildman–Crippen MR) is 89.6 cm³/mol. The van der Waals surface area contributed by atoms with Crippen molar-refractivity contribution in [2.24, 2.45) is 5.73 Å². The fourth-order valence-electron chi connectivity index (χ4n) is 1.94. The van der Waals surface area contributed by atoms with E-state index in [0.717, 1.165) is 10.8 Å². The Morgan fingerprint density at radius 2 is 1.50 bits per heavy atom. The highest BCUT2D eigenvalue weighted by molar-refractivity contribution is 7.99. The number of thioether (sulfide) groups is 1. The first-order valence-electron chi connectivity index (χ1n) is 6.80. The molecule has 0 spiro atoms. The van der Waals surface area contributed by atoms with Gasteiger partial charge in [-0.15, -0.1) is 11.8 Å². The fourth-order valence-corrected chi connectivity index (χ4v) is 2.96. The van der Waals surface area contributed by atoms with Gasteiger partial charge in [0.25, 0.3) is 0 Å². The van der Waals surface area contributed by atoms with Crippen LogP contribution in [0.5, 0.6) is 0 Å². The predicted octanol–water partition coefficient (Wildman–Crippen LogP) is 5.26. The van der Waals surface area contributed by atoms with Gasteiger partial charge in [-0.25, -0.2) is 0 Å². The van der Waals surface area contributed by atoms with Crippen molar-refractivity contribution >= 4 is 23.4 Å². The zero-order valence-electron chi connectivity index (χ0n) is 11.8. The molecule has 2 aromatic rings. The van der Waals surface area contributed by atoms with Crippen molar-refractivity contribution in [3.63, 3.8) is 0 Å². The Bertz CT molecular complexity index is 534. The second-order valence-corrected chi connectivity index (χ2v) is 6.72. The molecule has 1 unspecified atom stereocenters. The van der Waals surface area contributed by atoms with Crippen molar-refractivity contribution < 1.29 is 0 Å². The molecular formula is C17H20ClNS. The molecule has 0 aliphatic rings. The number of hydrogen-bond donors (Lipinski definition) is 1. The van der Waals surface area contributed by atoms with Crippen LogP contribution in [0.25, 0.3) is 0 Å². The monoisotopic (exact) mass is 305 g/mol. The maximum absolute atomic E-state index is 6.25. The van der Waals surface area contributed by atoms with Gasteiger partial charge in [-0.1, -0.05) is 49.7 Å². The maximum Gasteiger partial charge on any atom is 0.0406 e. The van der Waals surface area contributed by atoms with E-state index in [1.807, 2.05) is 24.3 Å². The van der Waals surface area contributed by atoms with Crippen LogP contribution in [-0.4, -0.2) is 5.75 Å². The summed E-state index contributed by atoms with van der Waals surface area (Å²) in [4.78, 5) is 1.20. The molecule has 0 fully saturated rings. The van der Waals surface area contributed by atoms with Crippen LogP contribution in [0.1, 0.15) is 36.9 Å². The zero-order chi connectivity index (χ0) is 14.5. The van der Waals surface area contributed by atoms with Crippen LogP contribution in [0.2, 0.25) is 5.02 Å². The highest BCUT2D eigenvalue weighted by Gasteiger charge is 2.07. The van der Waals surface area contributed by atoms with Gasteiger partial charge in [0.2, 0.25) is 0 Å². The van der Waals surface area contributed by atoms with Gasteiger partial charge < -0.3 is 5.73 Å². The van der Waals surface area contributed by atoms with Gasteiger partial charge >= 0.3 is 0 Å².